The fourth-order valence-electron chi connectivity index (χ4n) is 2.26. The van der Waals surface area contributed by atoms with E-state index in [0.29, 0.717) is 0 Å². The number of amides is 1. The lowest BCUT2D eigenvalue weighted by atomic mass is 9.92. The first-order valence-corrected chi connectivity index (χ1v) is 8.00. The number of anilines is 2. The molecule has 1 amide bonds. The molecular formula is C16H10BrF7N2O2. The number of nitrogens with one attached hydrogen (secondary N) is 1. The summed E-state index contributed by atoms with van der Waals surface area (Å²) < 4.78 is 91.2. The SMILES string of the molecule is Nc1cccc(C(=O)Nc2c(F)cc(C(O)(C(F)(F)F)C(F)(F)F)cc2Br)c1. The fourth-order valence-corrected chi connectivity index (χ4v) is 2.79. The number of carbonyl (C=O) groups excluding carboxylic acids is 1. The molecule has 0 atom stereocenters. The van der Waals surface area contributed by atoms with Crippen molar-refractivity contribution in [1.82, 2.24) is 0 Å². The highest BCUT2D eigenvalue weighted by atomic mass is 79.9. The Morgan fingerprint density at radius 2 is 1.61 bits per heavy atom. The molecule has 4 nitrogen and oxygen atoms in total. The summed E-state index contributed by atoms with van der Waals surface area (Å²) in [5, 5.41) is 11.4. The first-order valence-electron chi connectivity index (χ1n) is 7.20. The molecule has 0 aliphatic heterocycles. The minimum atomic E-state index is -6.18. The molecule has 0 heterocycles. The van der Waals surface area contributed by atoms with Crippen LogP contribution in [-0.4, -0.2) is 23.4 Å². The zero-order valence-corrected chi connectivity index (χ0v) is 15.0. The van der Waals surface area contributed by atoms with Gasteiger partial charge < -0.3 is 16.2 Å². The van der Waals surface area contributed by atoms with Crippen LogP contribution in [0.5, 0.6) is 0 Å². The summed E-state index contributed by atoms with van der Waals surface area (Å²) >= 11 is 2.61. The molecule has 0 unspecified atom stereocenters. The quantitative estimate of drug-likeness (QED) is 0.444. The van der Waals surface area contributed by atoms with Crippen molar-refractivity contribution in [3.05, 3.63) is 57.8 Å². The normalized spacial score (nSPS) is 12.8. The standard InChI is InChI=1S/C16H10BrF7N2O2/c17-10-5-8(14(28,15(19,20)21)16(22,23)24)6-11(18)12(10)26-13(27)7-2-1-3-9(25)4-7/h1-6,28H,25H2,(H,26,27). The van der Waals surface area contributed by atoms with E-state index in [4.69, 9.17) is 5.73 Å². The van der Waals surface area contributed by atoms with Gasteiger partial charge in [0.25, 0.3) is 11.5 Å². The molecule has 2 aromatic rings. The third kappa shape index (κ3) is 3.92. The van der Waals surface area contributed by atoms with E-state index in [1.807, 2.05) is 5.32 Å². The van der Waals surface area contributed by atoms with Crippen LogP contribution in [0, 0.1) is 5.82 Å². The molecule has 2 rings (SSSR count). The lowest BCUT2D eigenvalue weighted by molar-refractivity contribution is -0.376. The maximum absolute atomic E-state index is 14.3. The van der Waals surface area contributed by atoms with Crippen LogP contribution >= 0.6 is 15.9 Å². The number of hydrogen-bond acceptors (Lipinski definition) is 3. The summed E-state index contributed by atoms with van der Waals surface area (Å²) in [4.78, 5) is 12.1. The second-order valence-corrected chi connectivity index (χ2v) is 6.45. The van der Waals surface area contributed by atoms with Crippen LogP contribution in [0.25, 0.3) is 0 Å². The second kappa shape index (κ2) is 7.24. The number of hydrogen-bond donors (Lipinski definition) is 3. The van der Waals surface area contributed by atoms with Crippen molar-refractivity contribution in [3.8, 4) is 0 Å². The highest BCUT2D eigenvalue weighted by Crippen LogP contribution is 2.51. The van der Waals surface area contributed by atoms with Crippen molar-refractivity contribution in [2.75, 3.05) is 11.1 Å². The minimum Gasteiger partial charge on any atom is -0.399 e. The topological polar surface area (TPSA) is 75.4 Å². The zero-order valence-electron chi connectivity index (χ0n) is 13.4. The molecule has 152 valence electrons. The average molecular weight is 475 g/mol. The van der Waals surface area contributed by atoms with Gasteiger partial charge in [0.2, 0.25) is 0 Å². The maximum Gasteiger partial charge on any atom is 0.430 e. The van der Waals surface area contributed by atoms with Crippen LogP contribution in [0.15, 0.2) is 40.9 Å². The maximum atomic E-state index is 14.3. The predicted molar refractivity (Wildman–Crippen MR) is 88.9 cm³/mol. The van der Waals surface area contributed by atoms with Gasteiger partial charge in [0, 0.05) is 21.3 Å². The van der Waals surface area contributed by atoms with Gasteiger partial charge in [-0.05, 0) is 46.3 Å². The van der Waals surface area contributed by atoms with Crippen LogP contribution in [0.2, 0.25) is 0 Å². The van der Waals surface area contributed by atoms with Crippen LogP contribution < -0.4 is 11.1 Å². The highest BCUT2D eigenvalue weighted by Gasteiger charge is 2.71. The molecule has 0 aliphatic rings. The van der Waals surface area contributed by atoms with Crippen molar-refractivity contribution in [2.45, 2.75) is 18.0 Å². The van der Waals surface area contributed by atoms with Crippen LogP contribution in [0.3, 0.4) is 0 Å². The van der Waals surface area contributed by atoms with Gasteiger partial charge in [-0.2, -0.15) is 26.3 Å². The minimum absolute atomic E-state index is 0.0301. The van der Waals surface area contributed by atoms with E-state index >= 15 is 0 Å². The molecule has 0 bridgehead atoms. The summed E-state index contributed by atoms with van der Waals surface area (Å²) in [6.45, 7) is 0. The number of carbonyl (C=O) groups is 1. The Hall–Kier alpha value is -2.34. The molecule has 0 saturated carbocycles. The van der Waals surface area contributed by atoms with Crippen LogP contribution in [-0.2, 0) is 5.60 Å². The molecule has 0 aromatic heterocycles. The summed E-state index contributed by atoms with van der Waals surface area (Å²) in [6, 6.07) is 5.46. The van der Waals surface area contributed by atoms with Crippen molar-refractivity contribution >= 4 is 33.2 Å². The van der Waals surface area contributed by atoms with Crippen molar-refractivity contribution in [3.63, 3.8) is 0 Å². The van der Waals surface area contributed by atoms with Crippen molar-refractivity contribution < 1.29 is 40.6 Å². The molecule has 0 radical (unpaired) electrons. The fraction of sp³-hybridized carbons (Fsp3) is 0.188. The van der Waals surface area contributed by atoms with Gasteiger partial charge in [0.1, 0.15) is 5.82 Å². The lowest BCUT2D eigenvalue weighted by Gasteiger charge is -2.33. The molecule has 0 aliphatic carbocycles. The van der Waals surface area contributed by atoms with E-state index < -0.39 is 45.4 Å². The third-order valence-corrected chi connectivity index (χ3v) is 4.29. The Morgan fingerprint density at radius 3 is 2.07 bits per heavy atom. The monoisotopic (exact) mass is 474 g/mol. The summed E-state index contributed by atoms with van der Waals surface area (Å²) in [6.07, 6.45) is -12.4. The van der Waals surface area contributed by atoms with Gasteiger partial charge in [0.15, 0.2) is 0 Å². The Bertz CT molecular complexity index is 876. The molecule has 4 N–H and O–H groups in total. The van der Waals surface area contributed by atoms with Gasteiger partial charge in [-0.1, -0.05) is 6.07 Å². The predicted octanol–water partition coefficient (Wildman–Crippen LogP) is 4.73. The average Bonchev–Trinajstić information content (AvgIpc) is 2.54. The summed E-state index contributed by atoms with van der Waals surface area (Å²) in [5.41, 5.74) is -2.17. The molecule has 12 heteroatoms. The van der Waals surface area contributed by atoms with E-state index in [0.717, 1.165) is 0 Å². The number of nitrogen functional groups attached to an aromatic ring is 1. The van der Waals surface area contributed by atoms with Gasteiger partial charge in [-0.25, -0.2) is 4.39 Å². The van der Waals surface area contributed by atoms with Crippen molar-refractivity contribution in [1.29, 1.82) is 0 Å². The van der Waals surface area contributed by atoms with E-state index in [1.54, 1.807) is 0 Å². The van der Waals surface area contributed by atoms with E-state index in [9.17, 15) is 40.6 Å². The molecule has 0 fully saturated rings. The summed E-state index contributed by atoms with van der Waals surface area (Å²) in [5.74, 6) is -2.55. The smallest absolute Gasteiger partial charge is 0.399 e. The Kier molecular flexibility index (Phi) is 5.68. The van der Waals surface area contributed by atoms with E-state index in [1.165, 1.54) is 24.3 Å². The molecular weight excluding hydrogens is 465 g/mol. The van der Waals surface area contributed by atoms with Gasteiger partial charge >= 0.3 is 12.4 Å². The van der Waals surface area contributed by atoms with Gasteiger partial charge in [-0.15, -0.1) is 0 Å². The summed E-state index contributed by atoms with van der Waals surface area (Å²) in [7, 11) is 0. The van der Waals surface area contributed by atoms with Gasteiger partial charge in [0.05, 0.1) is 5.69 Å². The Balaban J connectivity index is 2.49. The molecule has 0 spiro atoms. The lowest BCUT2D eigenvalue weighted by Crippen LogP contribution is -2.54. The first kappa shape index (κ1) is 22.0. The second-order valence-electron chi connectivity index (χ2n) is 5.60. The molecule has 0 saturated heterocycles. The molecule has 2 aromatic carbocycles. The number of benzene rings is 2. The number of aliphatic hydroxyl groups is 1. The van der Waals surface area contributed by atoms with Gasteiger partial charge in [-0.3, -0.25) is 4.79 Å². The number of nitrogens with two attached hydrogens (primary N) is 1. The zero-order chi connectivity index (χ0) is 21.5. The Labute approximate surface area is 161 Å². The molecule has 28 heavy (non-hydrogen) atoms. The highest BCUT2D eigenvalue weighted by molar-refractivity contribution is 9.10. The first-order chi connectivity index (χ1) is 12.7. The number of halogens is 8. The number of rotatable bonds is 3. The van der Waals surface area contributed by atoms with Crippen LogP contribution in [0.1, 0.15) is 15.9 Å². The van der Waals surface area contributed by atoms with E-state index in [-0.39, 0.29) is 23.4 Å². The van der Waals surface area contributed by atoms with Crippen molar-refractivity contribution in [2.24, 2.45) is 0 Å². The Morgan fingerprint density at radius 1 is 1.04 bits per heavy atom. The van der Waals surface area contributed by atoms with E-state index in [2.05, 4.69) is 15.9 Å². The van der Waals surface area contributed by atoms with Crippen LogP contribution in [0.4, 0.5) is 42.1 Å². The number of alkyl halides is 6. The largest absolute Gasteiger partial charge is 0.430 e. The third-order valence-electron chi connectivity index (χ3n) is 3.67.